The number of halogens is 1. The lowest BCUT2D eigenvalue weighted by Crippen LogP contribution is -2.05. The highest BCUT2D eigenvalue weighted by Gasteiger charge is 2.09. The van der Waals surface area contributed by atoms with Gasteiger partial charge in [-0.1, -0.05) is 17.7 Å². The number of aryl methyl sites for hydroxylation is 1. The number of rotatable bonds is 5. The number of hydrogen-bond acceptors (Lipinski definition) is 3. The quantitative estimate of drug-likeness (QED) is 0.856. The molecule has 1 heterocycles. The Hall–Kier alpha value is -1.16. The summed E-state index contributed by atoms with van der Waals surface area (Å²) in [5, 5.41) is 0.735. The third-order valence-electron chi connectivity index (χ3n) is 3.12. The summed E-state index contributed by atoms with van der Waals surface area (Å²) in [6, 6.07) is 7.88. The van der Waals surface area contributed by atoms with Crippen LogP contribution < -0.4 is 5.73 Å². The van der Waals surface area contributed by atoms with E-state index in [2.05, 4.69) is 0 Å². The first-order valence-corrected chi connectivity index (χ1v) is 7.35. The summed E-state index contributed by atoms with van der Waals surface area (Å²) in [6.07, 6.45) is 2.54. The van der Waals surface area contributed by atoms with Crippen LogP contribution in [0.2, 0.25) is 5.02 Å². The Balaban J connectivity index is 2.33. The summed E-state index contributed by atoms with van der Waals surface area (Å²) in [5.41, 5.74) is 9.24. The highest BCUT2D eigenvalue weighted by Crippen LogP contribution is 2.26. The lowest BCUT2D eigenvalue weighted by molar-refractivity contribution is 0.112. The van der Waals surface area contributed by atoms with Crippen LogP contribution in [-0.4, -0.2) is 12.8 Å². The average molecular weight is 294 g/mol. The van der Waals surface area contributed by atoms with Crippen LogP contribution >= 0.6 is 22.9 Å². The summed E-state index contributed by atoms with van der Waals surface area (Å²) >= 11 is 7.60. The first-order valence-electron chi connectivity index (χ1n) is 6.16. The lowest BCUT2D eigenvalue weighted by atomic mass is 9.98. The van der Waals surface area contributed by atoms with Crippen LogP contribution in [0.25, 0.3) is 0 Å². The Kier molecular flexibility index (Phi) is 4.75. The van der Waals surface area contributed by atoms with E-state index in [1.165, 1.54) is 32.9 Å². The Morgan fingerprint density at radius 2 is 2.05 bits per heavy atom. The van der Waals surface area contributed by atoms with Gasteiger partial charge >= 0.3 is 0 Å². The van der Waals surface area contributed by atoms with E-state index in [1.807, 2.05) is 31.2 Å². The summed E-state index contributed by atoms with van der Waals surface area (Å²) in [4.78, 5) is 12.8. The number of nitrogens with two attached hydrogens (primary N) is 1. The van der Waals surface area contributed by atoms with Crippen LogP contribution in [-0.2, 0) is 12.8 Å². The van der Waals surface area contributed by atoms with Gasteiger partial charge in [0.2, 0.25) is 0 Å². The summed E-state index contributed by atoms with van der Waals surface area (Å²) in [6.45, 7) is 2.66. The van der Waals surface area contributed by atoms with Crippen molar-refractivity contribution in [3.05, 3.63) is 55.7 Å². The molecule has 2 nitrogen and oxygen atoms in total. The van der Waals surface area contributed by atoms with Gasteiger partial charge in [-0.2, -0.15) is 0 Å². The molecule has 1 aromatic heterocycles. The van der Waals surface area contributed by atoms with Crippen LogP contribution in [0, 0.1) is 6.92 Å². The first kappa shape index (κ1) is 14.3. The van der Waals surface area contributed by atoms with E-state index < -0.39 is 0 Å². The smallest absolute Gasteiger partial charge is 0.160 e. The van der Waals surface area contributed by atoms with Crippen molar-refractivity contribution in [2.24, 2.45) is 5.73 Å². The Bertz CT molecular complexity index is 592. The molecule has 0 aliphatic heterocycles. The summed E-state index contributed by atoms with van der Waals surface area (Å²) in [7, 11) is 0. The van der Waals surface area contributed by atoms with Crippen LogP contribution in [0.4, 0.5) is 0 Å². The number of benzene rings is 1. The van der Waals surface area contributed by atoms with E-state index >= 15 is 0 Å². The highest BCUT2D eigenvalue weighted by atomic mass is 35.5. The van der Waals surface area contributed by atoms with Crippen LogP contribution in [0.1, 0.15) is 31.2 Å². The molecule has 2 aromatic rings. The molecule has 0 atom stereocenters. The van der Waals surface area contributed by atoms with Gasteiger partial charge in [-0.15, -0.1) is 11.3 Å². The van der Waals surface area contributed by atoms with Gasteiger partial charge in [0.15, 0.2) is 6.29 Å². The maximum atomic E-state index is 10.8. The average Bonchev–Trinajstić information content (AvgIpc) is 2.74. The van der Waals surface area contributed by atoms with Crippen molar-refractivity contribution < 1.29 is 4.79 Å². The monoisotopic (exact) mass is 293 g/mol. The number of carbonyl (C=O) groups excluding carboxylic acids is 1. The molecule has 0 saturated heterocycles. The van der Waals surface area contributed by atoms with E-state index in [9.17, 15) is 4.79 Å². The van der Waals surface area contributed by atoms with E-state index in [-0.39, 0.29) is 0 Å². The molecule has 100 valence electrons. The van der Waals surface area contributed by atoms with Crippen molar-refractivity contribution in [1.82, 2.24) is 0 Å². The summed E-state index contributed by atoms with van der Waals surface area (Å²) < 4.78 is 0. The van der Waals surface area contributed by atoms with Gasteiger partial charge in [0.1, 0.15) is 0 Å². The fourth-order valence-electron chi connectivity index (χ4n) is 2.14. The van der Waals surface area contributed by atoms with Gasteiger partial charge in [-0.05, 0) is 61.2 Å². The molecule has 0 amide bonds. The Labute approximate surface area is 122 Å². The second-order valence-corrected chi connectivity index (χ2v) is 6.20. The molecule has 19 heavy (non-hydrogen) atoms. The maximum Gasteiger partial charge on any atom is 0.160 e. The molecule has 0 aliphatic carbocycles. The van der Waals surface area contributed by atoms with Gasteiger partial charge in [-0.3, -0.25) is 4.79 Å². The van der Waals surface area contributed by atoms with E-state index in [0.717, 1.165) is 29.0 Å². The SMILES string of the molecule is Cc1sc(C=O)cc1Cc1cc(Cl)ccc1CCN. The molecule has 2 N–H and O–H groups in total. The van der Waals surface area contributed by atoms with Crippen molar-refractivity contribution in [2.75, 3.05) is 6.54 Å². The minimum atomic E-state index is 0.622. The van der Waals surface area contributed by atoms with Crippen molar-refractivity contribution in [2.45, 2.75) is 19.8 Å². The van der Waals surface area contributed by atoms with E-state index in [4.69, 9.17) is 17.3 Å². The fraction of sp³-hybridized carbons (Fsp3) is 0.267. The molecule has 2 rings (SSSR count). The maximum absolute atomic E-state index is 10.8. The van der Waals surface area contributed by atoms with Crippen LogP contribution in [0.5, 0.6) is 0 Å². The van der Waals surface area contributed by atoms with Gasteiger partial charge in [0.05, 0.1) is 4.88 Å². The number of hydrogen-bond donors (Lipinski definition) is 1. The molecule has 4 heteroatoms. The number of carbonyl (C=O) groups is 1. The summed E-state index contributed by atoms with van der Waals surface area (Å²) in [5.74, 6) is 0. The topological polar surface area (TPSA) is 43.1 Å². The number of thiophene rings is 1. The van der Waals surface area contributed by atoms with Crippen LogP contribution in [0.15, 0.2) is 24.3 Å². The minimum absolute atomic E-state index is 0.622. The molecular weight excluding hydrogens is 278 g/mol. The highest BCUT2D eigenvalue weighted by molar-refractivity contribution is 7.13. The second kappa shape index (κ2) is 6.33. The molecule has 0 bridgehead atoms. The standard InChI is InChI=1S/C15H16ClNOS/c1-10-12(8-15(9-18)19-10)6-13-7-14(16)3-2-11(13)4-5-17/h2-3,7-9H,4-6,17H2,1H3. The third kappa shape index (κ3) is 3.44. The van der Waals surface area contributed by atoms with Crippen molar-refractivity contribution in [1.29, 1.82) is 0 Å². The van der Waals surface area contributed by atoms with Gasteiger partial charge < -0.3 is 5.73 Å². The molecule has 0 unspecified atom stereocenters. The van der Waals surface area contributed by atoms with Gasteiger partial charge in [0.25, 0.3) is 0 Å². The molecule has 0 saturated carbocycles. The Morgan fingerprint density at radius 1 is 1.26 bits per heavy atom. The molecule has 1 aromatic carbocycles. The fourth-order valence-corrected chi connectivity index (χ4v) is 3.20. The van der Waals surface area contributed by atoms with Crippen molar-refractivity contribution in [3.8, 4) is 0 Å². The molecule has 0 aliphatic rings. The van der Waals surface area contributed by atoms with Crippen molar-refractivity contribution in [3.63, 3.8) is 0 Å². The third-order valence-corrected chi connectivity index (χ3v) is 4.37. The largest absolute Gasteiger partial charge is 0.330 e. The minimum Gasteiger partial charge on any atom is -0.330 e. The molecule has 0 spiro atoms. The predicted molar refractivity (Wildman–Crippen MR) is 81.5 cm³/mol. The number of aldehydes is 1. The normalized spacial score (nSPS) is 10.7. The molecule has 0 radical (unpaired) electrons. The van der Waals surface area contributed by atoms with E-state index in [1.54, 1.807) is 0 Å². The van der Waals surface area contributed by atoms with Gasteiger partial charge in [0, 0.05) is 9.90 Å². The molecular formula is C15H16ClNOS. The van der Waals surface area contributed by atoms with Gasteiger partial charge in [-0.25, -0.2) is 0 Å². The van der Waals surface area contributed by atoms with E-state index in [0.29, 0.717) is 6.54 Å². The lowest BCUT2D eigenvalue weighted by Gasteiger charge is -2.09. The predicted octanol–water partition coefficient (Wildman–Crippen LogP) is 3.61. The van der Waals surface area contributed by atoms with Crippen LogP contribution in [0.3, 0.4) is 0 Å². The van der Waals surface area contributed by atoms with Crippen molar-refractivity contribution >= 4 is 29.2 Å². The zero-order valence-electron chi connectivity index (χ0n) is 10.8. The molecule has 0 fully saturated rings. The zero-order valence-corrected chi connectivity index (χ0v) is 12.4. The second-order valence-electron chi connectivity index (χ2n) is 4.48. The first-order chi connectivity index (χ1) is 9.13. The zero-order chi connectivity index (χ0) is 13.8. The Morgan fingerprint density at radius 3 is 2.68 bits per heavy atom.